The molecule has 0 radical (unpaired) electrons. The Kier molecular flexibility index (Phi) is 3.26. The predicted octanol–water partition coefficient (Wildman–Crippen LogP) is 4.93. The second kappa shape index (κ2) is 5.14. The van der Waals surface area contributed by atoms with E-state index in [-0.39, 0.29) is 0 Å². The Labute approximate surface area is 127 Å². The Balaban J connectivity index is 1.88. The summed E-state index contributed by atoms with van der Waals surface area (Å²) in [6.45, 7) is 2.26. The van der Waals surface area contributed by atoms with E-state index in [1.54, 1.807) is 11.1 Å². The predicted molar refractivity (Wildman–Crippen MR) is 87.7 cm³/mol. The SMILES string of the molecule is COC(C)C1Cc2c(ccc3ccccc23)C2CCCC21. The van der Waals surface area contributed by atoms with Gasteiger partial charge in [-0.2, -0.15) is 0 Å². The van der Waals surface area contributed by atoms with Crippen LogP contribution in [0.3, 0.4) is 0 Å². The molecule has 1 heteroatoms. The molecule has 0 aromatic heterocycles. The number of ether oxygens (including phenoxy) is 1. The van der Waals surface area contributed by atoms with Gasteiger partial charge in [0.1, 0.15) is 0 Å². The second-order valence-corrected chi connectivity index (χ2v) is 6.86. The van der Waals surface area contributed by atoms with Crippen LogP contribution in [-0.2, 0) is 11.2 Å². The van der Waals surface area contributed by atoms with Gasteiger partial charge in [-0.05, 0) is 65.8 Å². The highest BCUT2D eigenvalue weighted by Gasteiger charge is 2.42. The quantitative estimate of drug-likeness (QED) is 0.758. The molecule has 2 aliphatic rings. The van der Waals surface area contributed by atoms with Crippen LogP contribution in [0.2, 0.25) is 0 Å². The van der Waals surface area contributed by atoms with Crippen LogP contribution >= 0.6 is 0 Å². The molecule has 0 N–H and O–H groups in total. The molecule has 1 saturated carbocycles. The van der Waals surface area contributed by atoms with Crippen LogP contribution < -0.4 is 0 Å². The molecule has 21 heavy (non-hydrogen) atoms. The maximum Gasteiger partial charge on any atom is 0.0577 e. The first kappa shape index (κ1) is 13.3. The van der Waals surface area contributed by atoms with Crippen LogP contribution in [0.15, 0.2) is 36.4 Å². The van der Waals surface area contributed by atoms with Gasteiger partial charge in [-0.15, -0.1) is 0 Å². The van der Waals surface area contributed by atoms with Crippen LogP contribution in [-0.4, -0.2) is 13.2 Å². The molecule has 0 spiro atoms. The molecule has 4 unspecified atom stereocenters. The van der Waals surface area contributed by atoms with Crippen LogP contribution in [0.5, 0.6) is 0 Å². The van der Waals surface area contributed by atoms with Crippen molar-refractivity contribution < 1.29 is 4.74 Å². The zero-order valence-corrected chi connectivity index (χ0v) is 13.0. The van der Waals surface area contributed by atoms with Gasteiger partial charge in [0, 0.05) is 7.11 Å². The fourth-order valence-electron chi connectivity index (χ4n) is 4.89. The molecule has 110 valence electrons. The topological polar surface area (TPSA) is 9.23 Å². The summed E-state index contributed by atoms with van der Waals surface area (Å²) in [5.74, 6) is 2.27. The van der Waals surface area contributed by atoms with Crippen LogP contribution in [0.1, 0.15) is 43.2 Å². The lowest BCUT2D eigenvalue weighted by molar-refractivity contribution is 0.0336. The van der Waals surface area contributed by atoms with Crippen molar-refractivity contribution in [1.82, 2.24) is 0 Å². The molecular weight excluding hydrogens is 256 g/mol. The van der Waals surface area contributed by atoms with Gasteiger partial charge in [-0.1, -0.05) is 42.8 Å². The highest BCUT2D eigenvalue weighted by atomic mass is 16.5. The number of hydrogen-bond donors (Lipinski definition) is 0. The first-order valence-corrected chi connectivity index (χ1v) is 8.33. The highest BCUT2D eigenvalue weighted by molar-refractivity contribution is 5.87. The normalized spacial score (nSPS) is 29.1. The molecule has 0 aliphatic heterocycles. The Morgan fingerprint density at radius 3 is 2.81 bits per heavy atom. The van der Waals surface area contributed by atoms with Gasteiger partial charge < -0.3 is 4.74 Å². The Hall–Kier alpha value is -1.34. The minimum atomic E-state index is 0.364. The lowest BCUT2D eigenvalue weighted by Gasteiger charge is -2.39. The van der Waals surface area contributed by atoms with Crippen LogP contribution in [0.25, 0.3) is 10.8 Å². The summed E-state index contributed by atoms with van der Waals surface area (Å²) in [7, 11) is 1.87. The van der Waals surface area contributed by atoms with Crippen molar-refractivity contribution in [3.63, 3.8) is 0 Å². The van der Waals surface area contributed by atoms with Crippen molar-refractivity contribution in [2.45, 2.75) is 44.6 Å². The van der Waals surface area contributed by atoms with E-state index >= 15 is 0 Å². The third-order valence-electron chi connectivity index (χ3n) is 6.01. The summed E-state index contributed by atoms with van der Waals surface area (Å²) in [6.07, 6.45) is 5.68. The average Bonchev–Trinajstić information content (AvgIpc) is 3.02. The van der Waals surface area contributed by atoms with Crippen molar-refractivity contribution >= 4 is 10.8 Å². The summed E-state index contributed by atoms with van der Waals surface area (Å²) in [5.41, 5.74) is 3.24. The highest BCUT2D eigenvalue weighted by Crippen LogP contribution is 2.51. The first-order chi connectivity index (χ1) is 10.3. The van der Waals surface area contributed by atoms with E-state index in [0.717, 1.165) is 11.8 Å². The molecule has 2 aromatic carbocycles. The smallest absolute Gasteiger partial charge is 0.0577 e. The summed E-state index contributed by atoms with van der Waals surface area (Å²) in [6, 6.07) is 13.6. The molecule has 4 atom stereocenters. The Morgan fingerprint density at radius 2 is 1.95 bits per heavy atom. The van der Waals surface area contributed by atoms with Gasteiger partial charge in [-0.25, -0.2) is 0 Å². The minimum absolute atomic E-state index is 0.364. The van der Waals surface area contributed by atoms with E-state index in [1.165, 1.54) is 36.5 Å². The van der Waals surface area contributed by atoms with Crippen LogP contribution in [0.4, 0.5) is 0 Å². The largest absolute Gasteiger partial charge is 0.381 e. The number of rotatable bonds is 2. The van der Waals surface area contributed by atoms with Crippen molar-refractivity contribution in [2.75, 3.05) is 7.11 Å². The van der Waals surface area contributed by atoms with Crippen LogP contribution in [0, 0.1) is 11.8 Å². The lowest BCUT2D eigenvalue weighted by atomic mass is 9.68. The summed E-state index contributed by atoms with van der Waals surface area (Å²) in [5, 5.41) is 2.85. The molecule has 0 saturated heterocycles. The zero-order valence-electron chi connectivity index (χ0n) is 13.0. The number of benzene rings is 2. The van der Waals surface area contributed by atoms with Gasteiger partial charge in [-0.3, -0.25) is 0 Å². The van der Waals surface area contributed by atoms with Gasteiger partial charge in [0.05, 0.1) is 6.10 Å². The summed E-state index contributed by atoms with van der Waals surface area (Å²) >= 11 is 0. The van der Waals surface area contributed by atoms with Gasteiger partial charge in [0.15, 0.2) is 0 Å². The molecule has 1 nitrogen and oxygen atoms in total. The Bertz CT molecular complexity index is 660. The van der Waals surface area contributed by atoms with E-state index in [0.29, 0.717) is 12.0 Å². The Morgan fingerprint density at radius 1 is 1.10 bits per heavy atom. The van der Waals surface area contributed by atoms with Crippen molar-refractivity contribution in [1.29, 1.82) is 0 Å². The molecule has 2 aliphatic carbocycles. The maximum absolute atomic E-state index is 5.72. The zero-order chi connectivity index (χ0) is 14.4. The standard InChI is InChI=1S/C20H24O/c1-13(21-2)19-12-20-15-7-4-3-6-14(15)10-11-18(20)16-8-5-9-17(16)19/h3-4,6-7,10-11,13,16-17,19H,5,8-9,12H2,1-2H3. The monoisotopic (exact) mass is 280 g/mol. The van der Waals surface area contributed by atoms with Gasteiger partial charge in [0.25, 0.3) is 0 Å². The molecule has 4 rings (SSSR count). The van der Waals surface area contributed by atoms with E-state index in [4.69, 9.17) is 4.74 Å². The third-order valence-corrected chi connectivity index (χ3v) is 6.01. The minimum Gasteiger partial charge on any atom is -0.381 e. The fourth-order valence-corrected chi connectivity index (χ4v) is 4.89. The number of methoxy groups -OCH3 is 1. The molecule has 0 heterocycles. The second-order valence-electron chi connectivity index (χ2n) is 6.86. The first-order valence-electron chi connectivity index (χ1n) is 8.33. The van der Waals surface area contributed by atoms with E-state index in [1.807, 2.05) is 7.11 Å². The summed E-state index contributed by atoms with van der Waals surface area (Å²) in [4.78, 5) is 0. The fraction of sp³-hybridized carbons (Fsp3) is 0.500. The lowest BCUT2D eigenvalue weighted by Crippen LogP contribution is -2.34. The average molecular weight is 280 g/mol. The van der Waals surface area contributed by atoms with E-state index < -0.39 is 0 Å². The van der Waals surface area contributed by atoms with Crippen molar-refractivity contribution in [2.24, 2.45) is 11.8 Å². The number of hydrogen-bond acceptors (Lipinski definition) is 1. The van der Waals surface area contributed by atoms with Crippen molar-refractivity contribution in [3.05, 3.63) is 47.5 Å². The van der Waals surface area contributed by atoms with Gasteiger partial charge >= 0.3 is 0 Å². The summed E-state index contributed by atoms with van der Waals surface area (Å²) < 4.78 is 5.72. The third kappa shape index (κ3) is 2.02. The van der Waals surface area contributed by atoms with E-state index in [9.17, 15) is 0 Å². The molecule has 1 fully saturated rings. The maximum atomic E-state index is 5.72. The number of fused-ring (bicyclic) bond motifs is 5. The van der Waals surface area contributed by atoms with E-state index in [2.05, 4.69) is 43.3 Å². The van der Waals surface area contributed by atoms with Crippen molar-refractivity contribution in [3.8, 4) is 0 Å². The molecule has 0 bridgehead atoms. The molecular formula is C20H24O. The molecule has 2 aromatic rings. The molecule has 0 amide bonds. The van der Waals surface area contributed by atoms with Gasteiger partial charge in [0.2, 0.25) is 0 Å².